The summed E-state index contributed by atoms with van der Waals surface area (Å²) in [5.41, 5.74) is 7.58. The molecule has 0 aliphatic carbocycles. The number of aromatic hydroxyl groups is 1. The lowest BCUT2D eigenvalue weighted by atomic mass is 9.89. The molecule has 0 aromatic heterocycles. The van der Waals surface area contributed by atoms with Gasteiger partial charge in [-0.25, -0.2) is 9.92 Å². The summed E-state index contributed by atoms with van der Waals surface area (Å²) < 4.78 is 51.8. The van der Waals surface area contributed by atoms with Crippen LogP contribution in [-0.2, 0) is 6.18 Å². The first-order chi connectivity index (χ1) is 14.3. The quantitative estimate of drug-likeness (QED) is 0.412. The van der Waals surface area contributed by atoms with Crippen molar-refractivity contribution in [1.82, 2.24) is 4.90 Å². The van der Waals surface area contributed by atoms with E-state index in [1.165, 1.54) is 6.20 Å². The molecule has 0 unspecified atom stereocenters. The zero-order valence-corrected chi connectivity index (χ0v) is 16.1. The number of phenols is 1. The molecule has 0 radical (unpaired) electrons. The van der Waals surface area contributed by atoms with Gasteiger partial charge in [0.2, 0.25) is 0 Å². The van der Waals surface area contributed by atoms with Crippen molar-refractivity contribution in [3.63, 3.8) is 0 Å². The predicted molar refractivity (Wildman–Crippen MR) is 105 cm³/mol. The van der Waals surface area contributed by atoms with Crippen LogP contribution >= 0.6 is 0 Å². The standard InChI is InChI=1S/C21H22F4N4O/c22-19-11-16(21(23,24)25)4-5-20(19)27-12-17(28-26)13-29-8-6-14(7-9-29)15-2-1-3-18(30)10-15/h1-5,10-12,14,26-27,30H,6-9,13H2/b17-12-,28-26?. The van der Waals surface area contributed by atoms with Gasteiger partial charge in [-0.3, -0.25) is 4.90 Å². The number of anilines is 1. The minimum atomic E-state index is -4.61. The number of nitrogens with one attached hydrogen (secondary N) is 2. The topological polar surface area (TPSA) is 71.7 Å². The van der Waals surface area contributed by atoms with Crippen LogP contribution in [0.5, 0.6) is 5.75 Å². The average Bonchev–Trinajstić information content (AvgIpc) is 2.71. The van der Waals surface area contributed by atoms with Gasteiger partial charge >= 0.3 is 6.18 Å². The van der Waals surface area contributed by atoms with E-state index in [1.807, 2.05) is 12.1 Å². The summed E-state index contributed by atoms with van der Waals surface area (Å²) in [5, 5.41) is 15.7. The third-order valence-electron chi connectivity index (χ3n) is 5.15. The van der Waals surface area contributed by atoms with Crippen LogP contribution in [0, 0.1) is 11.3 Å². The summed E-state index contributed by atoms with van der Waals surface area (Å²) >= 11 is 0. The second-order valence-electron chi connectivity index (χ2n) is 7.23. The monoisotopic (exact) mass is 422 g/mol. The second kappa shape index (κ2) is 9.25. The van der Waals surface area contributed by atoms with Crippen molar-refractivity contribution in [2.45, 2.75) is 24.9 Å². The van der Waals surface area contributed by atoms with Crippen LogP contribution in [0.1, 0.15) is 29.9 Å². The molecule has 160 valence electrons. The Balaban J connectivity index is 1.57. The van der Waals surface area contributed by atoms with Crippen molar-refractivity contribution in [2.75, 3.05) is 25.0 Å². The molecule has 3 rings (SSSR count). The molecule has 0 amide bonds. The Labute approximate surface area is 171 Å². The zero-order valence-electron chi connectivity index (χ0n) is 16.1. The minimum absolute atomic E-state index is 0.119. The molecule has 0 spiro atoms. The maximum atomic E-state index is 13.9. The van der Waals surface area contributed by atoms with Gasteiger partial charge in [0.1, 0.15) is 11.6 Å². The molecule has 1 fully saturated rings. The van der Waals surface area contributed by atoms with Crippen LogP contribution in [0.15, 0.2) is 59.5 Å². The minimum Gasteiger partial charge on any atom is -0.508 e. The number of nitrogens with zero attached hydrogens (tertiary/aromatic N) is 2. The summed E-state index contributed by atoms with van der Waals surface area (Å²) in [6, 6.07) is 9.46. The Hall–Kier alpha value is -2.94. The van der Waals surface area contributed by atoms with E-state index in [4.69, 9.17) is 5.53 Å². The van der Waals surface area contributed by atoms with Gasteiger partial charge in [-0.2, -0.15) is 18.3 Å². The fraction of sp³-hybridized carbons (Fsp3) is 0.333. The van der Waals surface area contributed by atoms with Crippen LogP contribution < -0.4 is 5.32 Å². The van der Waals surface area contributed by atoms with Crippen molar-refractivity contribution in [1.29, 1.82) is 5.53 Å². The highest BCUT2D eigenvalue weighted by Crippen LogP contribution is 2.32. The molecular weight excluding hydrogens is 400 g/mol. The summed E-state index contributed by atoms with van der Waals surface area (Å²) in [4.78, 5) is 2.11. The van der Waals surface area contributed by atoms with Gasteiger partial charge in [0.15, 0.2) is 0 Å². The number of likely N-dealkylation sites (tertiary alicyclic amines) is 1. The van der Waals surface area contributed by atoms with Gasteiger partial charge in [0, 0.05) is 12.7 Å². The van der Waals surface area contributed by atoms with E-state index in [2.05, 4.69) is 15.3 Å². The average molecular weight is 422 g/mol. The number of piperidine rings is 1. The first kappa shape index (κ1) is 21.8. The van der Waals surface area contributed by atoms with E-state index in [0.717, 1.165) is 43.6 Å². The van der Waals surface area contributed by atoms with E-state index in [9.17, 15) is 22.7 Å². The molecule has 0 atom stereocenters. The van der Waals surface area contributed by atoms with Crippen molar-refractivity contribution >= 4 is 5.69 Å². The van der Waals surface area contributed by atoms with Crippen molar-refractivity contribution in [3.05, 3.63) is 71.3 Å². The number of hydrogen-bond acceptors (Lipinski definition) is 5. The van der Waals surface area contributed by atoms with Crippen LogP contribution in [0.25, 0.3) is 0 Å². The third-order valence-corrected chi connectivity index (χ3v) is 5.15. The van der Waals surface area contributed by atoms with Crippen LogP contribution in [0.4, 0.5) is 23.2 Å². The van der Waals surface area contributed by atoms with Gasteiger partial charge in [0.25, 0.3) is 0 Å². The summed E-state index contributed by atoms with van der Waals surface area (Å²) in [6.07, 6.45) is -1.51. The number of hydrogen-bond donors (Lipinski definition) is 3. The van der Waals surface area contributed by atoms with Gasteiger partial charge in [-0.1, -0.05) is 12.1 Å². The molecule has 1 aliphatic heterocycles. The lowest BCUT2D eigenvalue weighted by molar-refractivity contribution is -0.137. The highest BCUT2D eigenvalue weighted by molar-refractivity contribution is 5.49. The van der Waals surface area contributed by atoms with Gasteiger partial charge in [-0.15, -0.1) is 0 Å². The molecule has 2 aromatic carbocycles. The number of rotatable bonds is 6. The van der Waals surface area contributed by atoms with E-state index < -0.39 is 17.6 Å². The third kappa shape index (κ3) is 5.56. The van der Waals surface area contributed by atoms with Crippen LogP contribution in [-0.4, -0.2) is 29.6 Å². The smallest absolute Gasteiger partial charge is 0.416 e. The molecular formula is C21H22F4N4O. The molecule has 1 heterocycles. The van der Waals surface area contributed by atoms with Gasteiger partial charge in [-0.05, 0) is 67.7 Å². The maximum Gasteiger partial charge on any atom is 0.416 e. The van der Waals surface area contributed by atoms with Crippen molar-refractivity contribution in [2.24, 2.45) is 5.11 Å². The molecule has 5 nitrogen and oxygen atoms in total. The fourth-order valence-electron chi connectivity index (χ4n) is 3.52. The van der Waals surface area contributed by atoms with Crippen molar-refractivity contribution < 1.29 is 22.7 Å². The lowest BCUT2D eigenvalue weighted by Gasteiger charge is -2.32. The van der Waals surface area contributed by atoms with Gasteiger partial charge in [0.05, 0.1) is 16.9 Å². The largest absolute Gasteiger partial charge is 0.508 e. The first-order valence-corrected chi connectivity index (χ1v) is 9.47. The maximum absolute atomic E-state index is 13.9. The molecule has 30 heavy (non-hydrogen) atoms. The number of phenolic OH excluding ortho intramolecular Hbond substituents is 1. The SMILES string of the molecule is N=N/C(=C\Nc1ccc(C(F)(F)F)cc1F)CN1CCC(c2cccc(O)c2)CC1. The lowest BCUT2D eigenvalue weighted by Crippen LogP contribution is -2.34. The molecule has 3 N–H and O–H groups in total. The molecule has 1 aliphatic rings. The van der Waals surface area contributed by atoms with E-state index >= 15 is 0 Å². The number of alkyl halides is 3. The molecule has 9 heteroatoms. The van der Waals surface area contributed by atoms with E-state index in [-0.39, 0.29) is 11.4 Å². The molecule has 2 aromatic rings. The number of halogens is 4. The first-order valence-electron chi connectivity index (χ1n) is 9.47. The van der Waals surface area contributed by atoms with Crippen molar-refractivity contribution in [3.8, 4) is 5.75 Å². The van der Waals surface area contributed by atoms with Crippen LogP contribution in [0.2, 0.25) is 0 Å². The summed E-state index contributed by atoms with van der Waals surface area (Å²) in [7, 11) is 0. The van der Waals surface area contributed by atoms with Gasteiger partial charge < -0.3 is 10.4 Å². The van der Waals surface area contributed by atoms with E-state index in [0.29, 0.717) is 24.2 Å². The Kier molecular flexibility index (Phi) is 6.71. The molecule has 0 bridgehead atoms. The Morgan fingerprint density at radius 3 is 2.53 bits per heavy atom. The summed E-state index contributed by atoms with van der Waals surface area (Å²) in [6.45, 7) is 1.90. The number of benzene rings is 2. The molecule has 1 saturated heterocycles. The Morgan fingerprint density at radius 2 is 1.93 bits per heavy atom. The highest BCUT2D eigenvalue weighted by Gasteiger charge is 2.31. The van der Waals surface area contributed by atoms with Crippen LogP contribution in [0.3, 0.4) is 0 Å². The normalized spacial score (nSPS) is 16.5. The fourth-order valence-corrected chi connectivity index (χ4v) is 3.52. The zero-order chi connectivity index (χ0) is 21.7. The Morgan fingerprint density at radius 1 is 1.20 bits per heavy atom. The predicted octanol–water partition coefficient (Wildman–Crippen LogP) is 5.71. The second-order valence-corrected chi connectivity index (χ2v) is 7.23. The Bertz CT molecular complexity index is 921. The summed E-state index contributed by atoms with van der Waals surface area (Å²) in [5.74, 6) is -0.444. The van der Waals surface area contributed by atoms with E-state index in [1.54, 1.807) is 12.1 Å². The highest BCUT2D eigenvalue weighted by atomic mass is 19.4. The molecule has 0 saturated carbocycles.